The molecular weight excluding hydrogens is 389 g/mol. The number of nitrogens with one attached hydrogen (secondary N) is 2. The van der Waals surface area contributed by atoms with Gasteiger partial charge in [0.1, 0.15) is 4.90 Å². The molecular formula is C11H10BrCl2N3O2S. The molecule has 0 spiro atoms. The Morgan fingerprint density at radius 2 is 1.85 bits per heavy atom. The van der Waals surface area contributed by atoms with E-state index in [-0.39, 0.29) is 27.2 Å². The molecule has 0 bridgehead atoms. The molecule has 0 radical (unpaired) electrons. The van der Waals surface area contributed by atoms with E-state index >= 15 is 0 Å². The molecule has 9 heteroatoms. The van der Waals surface area contributed by atoms with Crippen molar-refractivity contribution < 1.29 is 8.42 Å². The molecule has 4 N–H and O–H groups in total. The molecule has 0 fully saturated rings. The van der Waals surface area contributed by atoms with Crippen LogP contribution in [0.5, 0.6) is 0 Å². The van der Waals surface area contributed by atoms with Crippen molar-refractivity contribution in [3.05, 3.63) is 44.6 Å². The highest BCUT2D eigenvalue weighted by Gasteiger charge is 2.19. The molecule has 108 valence electrons. The van der Waals surface area contributed by atoms with Crippen molar-refractivity contribution in [2.75, 3.05) is 4.72 Å². The van der Waals surface area contributed by atoms with E-state index in [1.165, 1.54) is 12.3 Å². The third-order valence-corrected chi connectivity index (χ3v) is 4.87. The van der Waals surface area contributed by atoms with Gasteiger partial charge in [0.25, 0.3) is 10.0 Å². The van der Waals surface area contributed by atoms with Crippen LogP contribution in [0.25, 0.3) is 0 Å². The maximum atomic E-state index is 12.2. The number of rotatable bonds is 4. The van der Waals surface area contributed by atoms with E-state index in [1.807, 2.05) is 0 Å². The molecule has 5 nitrogen and oxygen atoms in total. The molecule has 0 saturated heterocycles. The maximum absolute atomic E-state index is 12.2. The van der Waals surface area contributed by atoms with Crippen molar-refractivity contribution >= 4 is 54.8 Å². The number of halogens is 3. The third-order valence-electron chi connectivity index (χ3n) is 2.49. The average molecular weight is 399 g/mol. The first-order valence-corrected chi connectivity index (χ1v) is 8.41. The van der Waals surface area contributed by atoms with E-state index in [9.17, 15) is 8.42 Å². The minimum Gasteiger partial charge on any atom is -0.363 e. The summed E-state index contributed by atoms with van der Waals surface area (Å²) in [5.41, 5.74) is 6.17. The van der Waals surface area contributed by atoms with E-state index in [2.05, 4.69) is 25.6 Å². The molecule has 2 aromatic rings. The summed E-state index contributed by atoms with van der Waals surface area (Å²) >= 11 is 15.2. The monoisotopic (exact) mass is 397 g/mol. The third kappa shape index (κ3) is 3.29. The summed E-state index contributed by atoms with van der Waals surface area (Å²) in [5.74, 6) is 0. The lowest BCUT2D eigenvalue weighted by Gasteiger charge is -2.10. The first-order valence-electron chi connectivity index (χ1n) is 5.38. The smallest absolute Gasteiger partial charge is 0.263 e. The van der Waals surface area contributed by atoms with Crippen LogP contribution in [0.2, 0.25) is 10.0 Å². The van der Waals surface area contributed by atoms with Gasteiger partial charge in [0.05, 0.1) is 15.7 Å². The Morgan fingerprint density at radius 3 is 2.35 bits per heavy atom. The summed E-state index contributed by atoms with van der Waals surface area (Å²) in [6.07, 6.45) is 1.35. The van der Waals surface area contributed by atoms with Gasteiger partial charge < -0.3 is 10.7 Å². The van der Waals surface area contributed by atoms with Crippen LogP contribution < -0.4 is 10.5 Å². The highest BCUT2D eigenvalue weighted by Crippen LogP contribution is 2.35. The summed E-state index contributed by atoms with van der Waals surface area (Å²) in [6.45, 7) is 0.218. The number of benzene rings is 1. The van der Waals surface area contributed by atoms with Crippen LogP contribution in [0.4, 0.5) is 5.69 Å². The second kappa shape index (κ2) is 5.95. The first-order chi connectivity index (χ1) is 9.33. The second-order valence-corrected chi connectivity index (χ2v) is 7.33. The summed E-state index contributed by atoms with van der Waals surface area (Å²) in [4.78, 5) is 2.83. The van der Waals surface area contributed by atoms with E-state index in [0.717, 1.165) is 0 Å². The second-order valence-electron chi connectivity index (χ2n) is 3.91. The Labute approximate surface area is 134 Å². The molecule has 0 amide bonds. The van der Waals surface area contributed by atoms with Crippen LogP contribution in [0, 0.1) is 0 Å². The summed E-state index contributed by atoms with van der Waals surface area (Å²) in [7, 11) is -3.78. The number of H-pyrrole nitrogens is 1. The van der Waals surface area contributed by atoms with Crippen LogP contribution in [0.1, 0.15) is 5.69 Å². The fraction of sp³-hybridized carbons (Fsp3) is 0.0909. The van der Waals surface area contributed by atoms with E-state index < -0.39 is 10.0 Å². The fourth-order valence-electron chi connectivity index (χ4n) is 1.52. The van der Waals surface area contributed by atoms with Gasteiger partial charge in [-0.1, -0.05) is 39.1 Å². The Morgan fingerprint density at radius 1 is 1.25 bits per heavy atom. The normalized spacial score (nSPS) is 11.6. The Balaban J connectivity index is 2.38. The lowest BCUT2D eigenvalue weighted by Crippen LogP contribution is -2.13. The molecule has 0 unspecified atom stereocenters. The lowest BCUT2D eigenvalue weighted by atomic mass is 10.3. The molecule has 1 aromatic heterocycles. The highest BCUT2D eigenvalue weighted by molar-refractivity contribution is 9.10. The van der Waals surface area contributed by atoms with Gasteiger partial charge in [0, 0.05) is 22.9 Å². The predicted octanol–water partition coefficient (Wildman–Crippen LogP) is 3.34. The number of hydrogen-bond acceptors (Lipinski definition) is 3. The number of aromatic nitrogens is 1. The maximum Gasteiger partial charge on any atom is 0.263 e. The minimum absolute atomic E-state index is 0.0630. The average Bonchev–Trinajstić information content (AvgIpc) is 2.83. The molecule has 2 rings (SSSR count). The van der Waals surface area contributed by atoms with Crippen LogP contribution >= 0.6 is 39.1 Å². The first kappa shape index (κ1) is 15.7. The van der Waals surface area contributed by atoms with Crippen LogP contribution in [-0.4, -0.2) is 13.4 Å². The van der Waals surface area contributed by atoms with Crippen LogP contribution in [0.15, 0.2) is 33.8 Å². The molecule has 1 aromatic carbocycles. The zero-order valence-corrected chi connectivity index (χ0v) is 13.9. The number of anilines is 1. The number of sulfonamides is 1. The Bertz CT molecular complexity index is 723. The summed E-state index contributed by atoms with van der Waals surface area (Å²) in [6, 6.07) is 4.55. The van der Waals surface area contributed by atoms with Crippen molar-refractivity contribution in [3.63, 3.8) is 0 Å². The van der Waals surface area contributed by atoms with E-state index in [4.69, 9.17) is 28.9 Å². The molecule has 0 aliphatic heterocycles. The van der Waals surface area contributed by atoms with Gasteiger partial charge in [0.15, 0.2) is 0 Å². The van der Waals surface area contributed by atoms with Crippen LogP contribution in [0.3, 0.4) is 0 Å². The van der Waals surface area contributed by atoms with Crippen LogP contribution in [-0.2, 0) is 16.6 Å². The van der Waals surface area contributed by atoms with Crippen molar-refractivity contribution in [1.29, 1.82) is 0 Å². The van der Waals surface area contributed by atoms with Gasteiger partial charge in [-0.2, -0.15) is 0 Å². The SMILES string of the molecule is NCc1cc(S(=O)(=O)Nc2c(Cl)cc(Br)cc2Cl)c[nH]1. The molecule has 0 saturated carbocycles. The summed E-state index contributed by atoms with van der Waals surface area (Å²) in [5, 5.41) is 0.394. The molecule has 0 aliphatic rings. The number of nitrogens with two attached hydrogens (primary N) is 1. The summed E-state index contributed by atoms with van der Waals surface area (Å²) < 4.78 is 27.5. The minimum atomic E-state index is -3.78. The van der Waals surface area contributed by atoms with E-state index in [1.54, 1.807) is 12.1 Å². The zero-order chi connectivity index (χ0) is 14.9. The topological polar surface area (TPSA) is 88.0 Å². The fourth-order valence-corrected chi connectivity index (χ4v) is 4.06. The Hall–Kier alpha value is -0.730. The predicted molar refractivity (Wildman–Crippen MR) is 83.7 cm³/mol. The van der Waals surface area contributed by atoms with Gasteiger partial charge in [-0.25, -0.2) is 8.42 Å². The molecule has 0 aliphatic carbocycles. The highest BCUT2D eigenvalue weighted by atomic mass is 79.9. The van der Waals surface area contributed by atoms with Crippen molar-refractivity contribution in [2.45, 2.75) is 11.4 Å². The standard InChI is InChI=1S/C11H10BrCl2N3O2S/c12-6-1-9(13)11(10(14)2-6)17-20(18,19)8-3-7(4-15)16-5-8/h1-3,5,16-17H,4,15H2. The van der Waals surface area contributed by atoms with Gasteiger partial charge in [0.2, 0.25) is 0 Å². The number of aromatic amines is 1. The van der Waals surface area contributed by atoms with Gasteiger partial charge >= 0.3 is 0 Å². The number of hydrogen-bond donors (Lipinski definition) is 3. The quantitative estimate of drug-likeness (QED) is 0.737. The molecule has 20 heavy (non-hydrogen) atoms. The molecule has 0 atom stereocenters. The zero-order valence-electron chi connectivity index (χ0n) is 9.95. The van der Waals surface area contributed by atoms with Crippen molar-refractivity contribution in [2.24, 2.45) is 5.73 Å². The van der Waals surface area contributed by atoms with Gasteiger partial charge in [-0.15, -0.1) is 0 Å². The largest absolute Gasteiger partial charge is 0.363 e. The Kier molecular flexibility index (Phi) is 4.66. The van der Waals surface area contributed by atoms with E-state index in [0.29, 0.717) is 10.2 Å². The van der Waals surface area contributed by atoms with Gasteiger partial charge in [-0.3, -0.25) is 4.72 Å². The lowest BCUT2D eigenvalue weighted by molar-refractivity contribution is 0.601. The van der Waals surface area contributed by atoms with Gasteiger partial charge in [-0.05, 0) is 18.2 Å². The van der Waals surface area contributed by atoms with Crippen molar-refractivity contribution in [3.8, 4) is 0 Å². The van der Waals surface area contributed by atoms with Crippen molar-refractivity contribution in [1.82, 2.24) is 4.98 Å². The molecule has 1 heterocycles.